The number of piperidine rings is 1. The molecule has 1 aliphatic carbocycles. The Bertz CT molecular complexity index is 365. The number of carboxylic acids is 1. The maximum absolute atomic E-state index is 12.6. The molecule has 1 saturated carbocycles. The number of aliphatic hydroxyl groups is 1. The number of hydrogen-bond donors (Lipinski definition) is 2. The molecule has 2 unspecified atom stereocenters. The lowest BCUT2D eigenvalue weighted by Crippen LogP contribution is -2.47. The number of likely N-dealkylation sites (tertiary alicyclic amines) is 1. The van der Waals surface area contributed by atoms with Crippen molar-refractivity contribution in [2.45, 2.75) is 44.6 Å². The number of carbonyl (C=O) groups excluding carboxylic acids is 1. The van der Waals surface area contributed by atoms with E-state index in [1.165, 1.54) is 0 Å². The van der Waals surface area contributed by atoms with Crippen molar-refractivity contribution in [1.82, 2.24) is 4.90 Å². The lowest BCUT2D eigenvalue weighted by molar-refractivity contribution is -0.153. The summed E-state index contributed by atoms with van der Waals surface area (Å²) in [6.45, 7) is 1.60. The first-order valence-electron chi connectivity index (χ1n) is 7.87. The van der Waals surface area contributed by atoms with Crippen molar-refractivity contribution in [3.8, 4) is 0 Å². The first-order valence-corrected chi connectivity index (χ1v) is 7.87. The van der Waals surface area contributed by atoms with Crippen LogP contribution in [-0.2, 0) is 14.3 Å². The summed E-state index contributed by atoms with van der Waals surface area (Å²) in [5.41, 5.74) is 0. The Morgan fingerprint density at radius 2 is 1.67 bits per heavy atom. The fraction of sp³-hybridized carbons (Fsp3) is 0.867. The Balaban J connectivity index is 1.87. The third-order valence-electron chi connectivity index (χ3n) is 4.60. The number of ether oxygens (including phenoxy) is 1. The monoisotopic (exact) mass is 299 g/mol. The molecule has 1 heterocycles. The number of rotatable bonds is 5. The standard InChI is InChI=1S/C15H25NO5/c17-9-10-21-11-5-7-16(8-6-11)14(18)12-3-1-2-4-13(12)15(19)20/h11-13,17H,1-10H2,(H,19,20). The molecule has 2 atom stereocenters. The molecule has 0 radical (unpaired) electrons. The minimum absolute atomic E-state index is 0.00251. The second kappa shape index (κ2) is 7.75. The van der Waals surface area contributed by atoms with Crippen LogP contribution in [0, 0.1) is 11.8 Å². The molecule has 120 valence electrons. The predicted molar refractivity (Wildman–Crippen MR) is 75.7 cm³/mol. The highest BCUT2D eigenvalue weighted by Gasteiger charge is 2.38. The van der Waals surface area contributed by atoms with E-state index in [2.05, 4.69) is 0 Å². The van der Waals surface area contributed by atoms with Crippen molar-refractivity contribution < 1.29 is 24.5 Å². The van der Waals surface area contributed by atoms with Crippen molar-refractivity contribution in [3.63, 3.8) is 0 Å². The van der Waals surface area contributed by atoms with Crippen LogP contribution in [0.25, 0.3) is 0 Å². The van der Waals surface area contributed by atoms with Gasteiger partial charge in [-0.15, -0.1) is 0 Å². The van der Waals surface area contributed by atoms with Gasteiger partial charge in [-0.25, -0.2) is 0 Å². The highest BCUT2D eigenvalue weighted by atomic mass is 16.5. The van der Waals surface area contributed by atoms with E-state index in [4.69, 9.17) is 9.84 Å². The molecular weight excluding hydrogens is 274 g/mol. The van der Waals surface area contributed by atoms with Crippen LogP contribution < -0.4 is 0 Å². The van der Waals surface area contributed by atoms with Gasteiger partial charge in [-0.2, -0.15) is 0 Å². The number of amides is 1. The summed E-state index contributed by atoms with van der Waals surface area (Å²) < 4.78 is 5.48. The fourth-order valence-corrected chi connectivity index (χ4v) is 3.42. The first kappa shape index (κ1) is 16.2. The molecule has 0 aromatic carbocycles. The van der Waals surface area contributed by atoms with Gasteiger partial charge in [0.15, 0.2) is 0 Å². The quantitative estimate of drug-likeness (QED) is 0.787. The topological polar surface area (TPSA) is 87.1 Å². The molecule has 0 spiro atoms. The summed E-state index contributed by atoms with van der Waals surface area (Å²) in [5.74, 6) is -1.71. The summed E-state index contributed by atoms with van der Waals surface area (Å²) in [7, 11) is 0. The molecule has 2 aliphatic rings. The highest BCUT2D eigenvalue weighted by molar-refractivity contribution is 5.85. The molecule has 0 aromatic rings. The van der Waals surface area contributed by atoms with E-state index in [0.29, 0.717) is 32.5 Å². The normalized spacial score (nSPS) is 27.6. The Labute approximate surface area is 125 Å². The second-order valence-corrected chi connectivity index (χ2v) is 5.95. The Morgan fingerprint density at radius 1 is 1.05 bits per heavy atom. The van der Waals surface area contributed by atoms with E-state index >= 15 is 0 Å². The fourth-order valence-electron chi connectivity index (χ4n) is 3.42. The molecule has 1 saturated heterocycles. The molecule has 0 aromatic heterocycles. The van der Waals surface area contributed by atoms with Crippen molar-refractivity contribution >= 4 is 11.9 Å². The molecule has 2 N–H and O–H groups in total. The van der Waals surface area contributed by atoms with Crippen molar-refractivity contribution in [2.75, 3.05) is 26.3 Å². The molecule has 1 aliphatic heterocycles. The van der Waals surface area contributed by atoms with Gasteiger partial charge >= 0.3 is 5.97 Å². The number of aliphatic hydroxyl groups excluding tert-OH is 1. The minimum atomic E-state index is -0.839. The third-order valence-corrected chi connectivity index (χ3v) is 4.60. The largest absolute Gasteiger partial charge is 0.481 e. The van der Waals surface area contributed by atoms with E-state index < -0.39 is 11.9 Å². The first-order chi connectivity index (χ1) is 10.1. The van der Waals surface area contributed by atoms with Crippen LogP contribution in [-0.4, -0.2) is 59.4 Å². The zero-order valence-electron chi connectivity index (χ0n) is 12.4. The lowest BCUT2D eigenvalue weighted by Gasteiger charge is -2.36. The van der Waals surface area contributed by atoms with Gasteiger partial charge in [0.2, 0.25) is 5.91 Å². The Hall–Kier alpha value is -1.14. The van der Waals surface area contributed by atoms with E-state index in [0.717, 1.165) is 25.7 Å². The zero-order valence-corrected chi connectivity index (χ0v) is 12.4. The van der Waals surface area contributed by atoms with Crippen LogP contribution in [0.3, 0.4) is 0 Å². The number of hydrogen-bond acceptors (Lipinski definition) is 4. The maximum atomic E-state index is 12.6. The summed E-state index contributed by atoms with van der Waals surface area (Å²) in [6, 6.07) is 0. The number of nitrogens with zero attached hydrogens (tertiary/aromatic N) is 1. The lowest BCUT2D eigenvalue weighted by atomic mass is 9.78. The SMILES string of the molecule is O=C(O)C1CCCCC1C(=O)N1CCC(OCCO)CC1. The smallest absolute Gasteiger partial charge is 0.307 e. The summed E-state index contributed by atoms with van der Waals surface area (Å²) in [4.78, 5) is 25.7. The molecule has 6 heteroatoms. The van der Waals surface area contributed by atoms with Crippen molar-refractivity contribution in [2.24, 2.45) is 11.8 Å². The average molecular weight is 299 g/mol. The van der Waals surface area contributed by atoms with Gasteiger partial charge in [-0.1, -0.05) is 12.8 Å². The van der Waals surface area contributed by atoms with Crippen LogP contribution in [0.2, 0.25) is 0 Å². The van der Waals surface area contributed by atoms with Crippen LogP contribution in [0.5, 0.6) is 0 Å². The Morgan fingerprint density at radius 3 is 2.24 bits per heavy atom. The molecule has 2 rings (SSSR count). The van der Waals surface area contributed by atoms with Gasteiger partial charge in [-0.05, 0) is 25.7 Å². The van der Waals surface area contributed by atoms with Gasteiger partial charge in [0.1, 0.15) is 0 Å². The van der Waals surface area contributed by atoms with E-state index in [-0.39, 0.29) is 24.5 Å². The second-order valence-electron chi connectivity index (χ2n) is 5.95. The molecule has 2 fully saturated rings. The van der Waals surface area contributed by atoms with Gasteiger partial charge in [0, 0.05) is 13.1 Å². The summed E-state index contributed by atoms with van der Waals surface area (Å²) >= 11 is 0. The number of aliphatic carboxylic acids is 1. The molecule has 1 amide bonds. The number of carboxylic acid groups (broad SMARTS) is 1. The molecular formula is C15H25NO5. The summed E-state index contributed by atoms with van der Waals surface area (Å²) in [5, 5.41) is 18.0. The Kier molecular flexibility index (Phi) is 5.99. The minimum Gasteiger partial charge on any atom is -0.481 e. The third kappa shape index (κ3) is 4.17. The van der Waals surface area contributed by atoms with Crippen LogP contribution in [0.15, 0.2) is 0 Å². The van der Waals surface area contributed by atoms with Gasteiger partial charge in [0.05, 0.1) is 31.2 Å². The molecule has 6 nitrogen and oxygen atoms in total. The summed E-state index contributed by atoms with van der Waals surface area (Å²) in [6.07, 6.45) is 4.77. The van der Waals surface area contributed by atoms with Crippen LogP contribution in [0.4, 0.5) is 0 Å². The van der Waals surface area contributed by atoms with Gasteiger partial charge < -0.3 is 19.8 Å². The predicted octanol–water partition coefficient (Wildman–Crippen LogP) is 0.877. The van der Waals surface area contributed by atoms with Gasteiger partial charge in [-0.3, -0.25) is 9.59 Å². The van der Waals surface area contributed by atoms with Crippen LogP contribution >= 0.6 is 0 Å². The van der Waals surface area contributed by atoms with Crippen molar-refractivity contribution in [1.29, 1.82) is 0 Å². The highest BCUT2D eigenvalue weighted by Crippen LogP contribution is 2.32. The molecule has 21 heavy (non-hydrogen) atoms. The van der Waals surface area contributed by atoms with Crippen molar-refractivity contribution in [3.05, 3.63) is 0 Å². The molecule has 0 bridgehead atoms. The maximum Gasteiger partial charge on any atom is 0.307 e. The van der Waals surface area contributed by atoms with E-state index in [9.17, 15) is 14.7 Å². The van der Waals surface area contributed by atoms with Crippen LogP contribution in [0.1, 0.15) is 38.5 Å². The number of carbonyl (C=O) groups is 2. The van der Waals surface area contributed by atoms with E-state index in [1.807, 2.05) is 0 Å². The average Bonchev–Trinajstić information content (AvgIpc) is 2.52. The van der Waals surface area contributed by atoms with Gasteiger partial charge in [0.25, 0.3) is 0 Å². The van der Waals surface area contributed by atoms with E-state index in [1.54, 1.807) is 4.90 Å². The zero-order chi connectivity index (χ0) is 15.2.